The van der Waals surface area contributed by atoms with Crippen LogP contribution in [0.4, 0.5) is 0 Å². The van der Waals surface area contributed by atoms with Crippen LogP contribution >= 0.6 is 0 Å². The second-order valence-corrected chi connectivity index (χ2v) is 7.74. The first kappa shape index (κ1) is 23.9. The van der Waals surface area contributed by atoms with Gasteiger partial charge in [-0.15, -0.1) is 0 Å². The van der Waals surface area contributed by atoms with Gasteiger partial charge in [-0.25, -0.2) is 4.98 Å². The first-order valence-electron chi connectivity index (χ1n) is 10.7. The maximum absolute atomic E-state index is 12.7. The Morgan fingerprint density at radius 1 is 1.33 bits per heavy atom. The second-order valence-electron chi connectivity index (χ2n) is 7.74. The number of amides is 2. The number of methoxy groups -OCH3 is 1. The standard InChI is InChI=1S/C20H32N4O3.CH2O2/c1-3-18-21-9-13-23(18)12-8-19(25)22-16-14-15(6-7-17(16)27-2)20(26)24-10-4-5-11-24;2-1-3/h9,13,15-17H,3-8,10-12,14H2,1-2H3,(H,22,25);1H,(H,2,3)/t15-,16+,17+;/m0./s1. The van der Waals surface area contributed by atoms with Crippen LogP contribution in [-0.4, -0.2) is 70.2 Å². The monoisotopic (exact) mass is 422 g/mol. The van der Waals surface area contributed by atoms with Gasteiger partial charge in [0.05, 0.1) is 12.1 Å². The number of nitrogens with one attached hydrogen (secondary N) is 1. The summed E-state index contributed by atoms with van der Waals surface area (Å²) in [5.41, 5.74) is 0. The van der Waals surface area contributed by atoms with E-state index in [4.69, 9.17) is 14.6 Å². The molecule has 2 heterocycles. The van der Waals surface area contributed by atoms with E-state index in [0.29, 0.717) is 19.4 Å². The zero-order chi connectivity index (χ0) is 21.9. The summed E-state index contributed by atoms with van der Waals surface area (Å²) in [5.74, 6) is 1.26. The molecule has 2 fully saturated rings. The molecule has 3 rings (SSSR count). The number of hydrogen-bond donors (Lipinski definition) is 2. The molecule has 1 aromatic rings. The molecule has 0 spiro atoms. The first-order chi connectivity index (χ1) is 14.5. The van der Waals surface area contributed by atoms with Crippen LogP contribution in [0.3, 0.4) is 0 Å². The van der Waals surface area contributed by atoms with Gasteiger partial charge in [0.2, 0.25) is 11.8 Å². The Morgan fingerprint density at radius 2 is 2.03 bits per heavy atom. The summed E-state index contributed by atoms with van der Waals surface area (Å²) in [6.45, 7) is 4.19. The lowest BCUT2D eigenvalue weighted by molar-refractivity contribution is -0.138. The molecule has 1 saturated carbocycles. The highest BCUT2D eigenvalue weighted by Crippen LogP contribution is 2.29. The SMILES string of the molecule is CCc1nccn1CCC(=O)N[C@@H]1C[C@@H](C(=O)N2CCCC2)CC[C@H]1OC.O=CO. The van der Waals surface area contributed by atoms with E-state index in [1.165, 1.54) is 0 Å². The first-order valence-corrected chi connectivity index (χ1v) is 10.7. The Hall–Kier alpha value is -2.42. The minimum atomic E-state index is -0.250. The van der Waals surface area contributed by atoms with Gasteiger partial charge in [0, 0.05) is 57.9 Å². The molecular weight excluding hydrogens is 388 g/mol. The predicted octanol–water partition coefficient (Wildman–Crippen LogP) is 1.46. The molecule has 2 aliphatic rings. The highest BCUT2D eigenvalue weighted by Gasteiger charge is 2.37. The molecule has 0 radical (unpaired) electrons. The Bertz CT molecular complexity index is 687. The van der Waals surface area contributed by atoms with Crippen molar-refractivity contribution in [3.8, 4) is 0 Å². The van der Waals surface area contributed by atoms with E-state index < -0.39 is 0 Å². The van der Waals surface area contributed by atoms with E-state index in [1.807, 2.05) is 15.7 Å². The number of carbonyl (C=O) groups is 3. The van der Waals surface area contributed by atoms with E-state index in [-0.39, 0.29) is 36.4 Å². The average molecular weight is 423 g/mol. The minimum Gasteiger partial charge on any atom is -0.483 e. The maximum Gasteiger partial charge on any atom is 0.290 e. The molecule has 1 aromatic heterocycles. The molecule has 1 saturated heterocycles. The highest BCUT2D eigenvalue weighted by atomic mass is 16.5. The zero-order valence-corrected chi connectivity index (χ0v) is 18.0. The fourth-order valence-electron chi connectivity index (χ4n) is 4.36. The maximum atomic E-state index is 12.7. The number of carbonyl (C=O) groups excluding carboxylic acids is 2. The zero-order valence-electron chi connectivity index (χ0n) is 18.0. The van der Waals surface area contributed by atoms with Crippen LogP contribution in [0, 0.1) is 5.92 Å². The van der Waals surface area contributed by atoms with Crippen LogP contribution in [0.1, 0.15) is 51.3 Å². The third kappa shape index (κ3) is 6.55. The van der Waals surface area contributed by atoms with Crippen LogP contribution in [-0.2, 0) is 32.1 Å². The number of rotatable bonds is 7. The molecule has 1 aliphatic heterocycles. The number of likely N-dealkylation sites (tertiary alicyclic amines) is 1. The van der Waals surface area contributed by atoms with E-state index >= 15 is 0 Å². The van der Waals surface area contributed by atoms with Crippen molar-refractivity contribution in [1.29, 1.82) is 0 Å². The summed E-state index contributed by atoms with van der Waals surface area (Å²) in [6.07, 6.45) is 9.46. The molecule has 0 bridgehead atoms. The average Bonchev–Trinajstić information content (AvgIpc) is 3.44. The van der Waals surface area contributed by atoms with Crippen molar-refractivity contribution in [2.24, 2.45) is 5.92 Å². The summed E-state index contributed by atoms with van der Waals surface area (Å²) >= 11 is 0. The second kappa shape index (κ2) is 12.3. The Labute approximate surface area is 177 Å². The number of aryl methyl sites for hydroxylation is 2. The molecule has 2 N–H and O–H groups in total. The summed E-state index contributed by atoms with van der Waals surface area (Å²) in [4.78, 5) is 39.9. The number of carboxylic acid groups (broad SMARTS) is 1. The Balaban J connectivity index is 0.00000101. The lowest BCUT2D eigenvalue weighted by Crippen LogP contribution is -2.50. The van der Waals surface area contributed by atoms with Gasteiger partial charge in [-0.05, 0) is 32.1 Å². The van der Waals surface area contributed by atoms with Gasteiger partial charge in [0.15, 0.2) is 0 Å². The molecule has 0 aromatic carbocycles. The topological polar surface area (TPSA) is 114 Å². The molecule has 30 heavy (non-hydrogen) atoms. The third-order valence-corrected chi connectivity index (χ3v) is 5.90. The van der Waals surface area contributed by atoms with Gasteiger partial charge >= 0.3 is 0 Å². The Kier molecular flexibility index (Phi) is 9.79. The largest absolute Gasteiger partial charge is 0.483 e. The normalized spacial score (nSPS) is 23.4. The summed E-state index contributed by atoms with van der Waals surface area (Å²) in [7, 11) is 1.69. The predicted molar refractivity (Wildman–Crippen MR) is 111 cm³/mol. The van der Waals surface area contributed by atoms with Crippen molar-refractivity contribution in [3.05, 3.63) is 18.2 Å². The summed E-state index contributed by atoms with van der Waals surface area (Å²) < 4.78 is 7.61. The smallest absolute Gasteiger partial charge is 0.290 e. The quantitative estimate of drug-likeness (QED) is 0.643. The van der Waals surface area contributed by atoms with Crippen LogP contribution in [0.25, 0.3) is 0 Å². The van der Waals surface area contributed by atoms with Crippen molar-refractivity contribution in [2.75, 3.05) is 20.2 Å². The van der Waals surface area contributed by atoms with Gasteiger partial charge in [0.1, 0.15) is 5.82 Å². The van der Waals surface area contributed by atoms with Crippen LogP contribution < -0.4 is 5.32 Å². The lowest BCUT2D eigenvalue weighted by atomic mass is 9.82. The molecule has 168 valence electrons. The van der Waals surface area contributed by atoms with Crippen LogP contribution in [0.2, 0.25) is 0 Å². The molecule has 9 nitrogen and oxygen atoms in total. The molecular formula is C21H34N4O5. The van der Waals surface area contributed by atoms with Gasteiger partial charge in [0.25, 0.3) is 6.47 Å². The van der Waals surface area contributed by atoms with E-state index in [2.05, 4.69) is 17.2 Å². The molecule has 3 atom stereocenters. The van der Waals surface area contributed by atoms with Gasteiger partial charge in [-0.1, -0.05) is 6.92 Å². The van der Waals surface area contributed by atoms with Crippen molar-refractivity contribution in [1.82, 2.24) is 19.8 Å². The number of imidazole rings is 1. The van der Waals surface area contributed by atoms with Crippen molar-refractivity contribution < 1.29 is 24.2 Å². The molecule has 1 aliphatic carbocycles. The summed E-state index contributed by atoms with van der Waals surface area (Å²) in [5, 5.41) is 10.0. The van der Waals surface area contributed by atoms with Crippen molar-refractivity contribution in [3.63, 3.8) is 0 Å². The minimum absolute atomic E-state index is 0.000132. The molecule has 2 amide bonds. The van der Waals surface area contributed by atoms with Gasteiger partial charge in [-0.2, -0.15) is 0 Å². The van der Waals surface area contributed by atoms with Gasteiger partial charge in [-0.3, -0.25) is 14.4 Å². The number of aromatic nitrogens is 2. The number of ether oxygens (including phenoxy) is 1. The van der Waals surface area contributed by atoms with E-state index in [9.17, 15) is 9.59 Å². The van der Waals surface area contributed by atoms with E-state index in [0.717, 1.165) is 51.0 Å². The molecule has 0 unspecified atom stereocenters. The number of hydrogen-bond acceptors (Lipinski definition) is 5. The fraction of sp³-hybridized carbons (Fsp3) is 0.714. The summed E-state index contributed by atoms with van der Waals surface area (Å²) in [6, 6.07) is -0.0961. The molecule has 9 heteroatoms. The highest BCUT2D eigenvalue weighted by molar-refractivity contribution is 5.80. The third-order valence-electron chi connectivity index (χ3n) is 5.90. The van der Waals surface area contributed by atoms with Gasteiger partial charge < -0.3 is 24.6 Å². The number of nitrogens with zero attached hydrogens (tertiary/aromatic N) is 3. The Morgan fingerprint density at radius 3 is 2.67 bits per heavy atom. The van der Waals surface area contributed by atoms with Crippen molar-refractivity contribution in [2.45, 2.75) is 70.6 Å². The van der Waals surface area contributed by atoms with E-state index in [1.54, 1.807) is 13.3 Å². The van der Waals surface area contributed by atoms with Crippen LogP contribution in [0.5, 0.6) is 0 Å². The van der Waals surface area contributed by atoms with Crippen LogP contribution in [0.15, 0.2) is 12.4 Å². The van der Waals surface area contributed by atoms with Crippen molar-refractivity contribution >= 4 is 18.3 Å². The lowest BCUT2D eigenvalue weighted by Gasteiger charge is -2.36. The fourth-order valence-corrected chi connectivity index (χ4v) is 4.36.